The summed E-state index contributed by atoms with van der Waals surface area (Å²) in [5, 5.41) is -2.06. The van der Waals surface area contributed by atoms with Crippen molar-refractivity contribution in [2.75, 3.05) is 13.2 Å². The van der Waals surface area contributed by atoms with Gasteiger partial charge in [-0.25, -0.2) is 8.42 Å². The Hall–Kier alpha value is 0.280. The molecule has 0 saturated heterocycles. The zero-order chi connectivity index (χ0) is 21.6. The molecule has 0 aliphatic heterocycles. The van der Waals surface area contributed by atoms with Crippen molar-refractivity contribution in [3.05, 3.63) is 0 Å². The fraction of sp³-hybridized carbons (Fsp3) is 0.900. The smallest absolute Gasteiger partial charge is 0.747 e. The average Bonchev–Trinajstić information content (AvgIpc) is 2.65. The van der Waals surface area contributed by atoms with Crippen molar-refractivity contribution in [2.24, 2.45) is 11.8 Å². The van der Waals surface area contributed by atoms with Gasteiger partial charge in [-0.15, -0.1) is 0 Å². The molecule has 0 aromatic carbocycles. The molecule has 0 saturated carbocycles. The van der Waals surface area contributed by atoms with Crippen LogP contribution in [-0.2, 0) is 29.2 Å². The number of carbonyl (C=O) groups is 2. The van der Waals surface area contributed by atoms with Crippen LogP contribution in [0.4, 0.5) is 0 Å². The summed E-state index contributed by atoms with van der Waals surface area (Å²) in [6.45, 7) is 8.26. The maximum atomic E-state index is 12.1. The number of carbonyl (C=O) groups excluding carboxylic acids is 2. The Morgan fingerprint density at radius 3 is 1.67 bits per heavy atom. The Kier molecular flexibility index (Phi) is 23.2. The van der Waals surface area contributed by atoms with Crippen molar-refractivity contribution in [1.29, 1.82) is 0 Å². The van der Waals surface area contributed by atoms with E-state index in [1.165, 1.54) is 0 Å². The summed E-state index contributed by atoms with van der Waals surface area (Å²) in [6, 6.07) is 0. The minimum atomic E-state index is -5.01. The van der Waals surface area contributed by atoms with Crippen LogP contribution in [-0.4, -0.2) is 43.4 Å². The largest absolute Gasteiger partial charge is 1.00 e. The van der Waals surface area contributed by atoms with Crippen molar-refractivity contribution >= 4 is 32.0 Å². The molecule has 0 rings (SSSR count). The van der Waals surface area contributed by atoms with Gasteiger partial charge >= 0.3 is 41.5 Å². The molecule has 7 nitrogen and oxygen atoms in total. The standard InChI is InChI=1S/C20H38O7S.Na.H3P/c1-5-9-11-16(7-3)14-26-19(21)13-18(28(23,24)25)20(22)27-15-17(8-4)12-10-6-2;;/h16-18H,5-15H2,1-4H3,(H,23,24,25);;1H3/q;+1;/p-1. The average molecular weight is 479 g/mol. The molecule has 0 bridgehead atoms. The van der Waals surface area contributed by atoms with Gasteiger partial charge in [-0.2, -0.15) is 9.90 Å². The van der Waals surface area contributed by atoms with E-state index >= 15 is 0 Å². The van der Waals surface area contributed by atoms with Crippen LogP contribution in [0.3, 0.4) is 0 Å². The number of ether oxygens (including phenoxy) is 2. The van der Waals surface area contributed by atoms with Crippen LogP contribution in [0.15, 0.2) is 0 Å². The molecule has 30 heavy (non-hydrogen) atoms. The minimum Gasteiger partial charge on any atom is -0.747 e. The van der Waals surface area contributed by atoms with E-state index in [9.17, 15) is 22.6 Å². The van der Waals surface area contributed by atoms with E-state index in [1.54, 1.807) is 0 Å². The Morgan fingerprint density at radius 1 is 0.867 bits per heavy atom. The molecule has 174 valence electrons. The maximum Gasteiger partial charge on any atom is 1.00 e. The zero-order valence-corrected chi connectivity index (χ0v) is 23.7. The first-order valence-corrected chi connectivity index (χ1v) is 11.9. The molecule has 0 heterocycles. The Labute approximate surface area is 208 Å². The number of hydrogen-bond acceptors (Lipinski definition) is 7. The fourth-order valence-corrected chi connectivity index (χ4v) is 3.46. The summed E-state index contributed by atoms with van der Waals surface area (Å²) in [4.78, 5) is 24.1. The summed E-state index contributed by atoms with van der Waals surface area (Å²) in [5.41, 5.74) is 0. The third-order valence-corrected chi connectivity index (χ3v) is 6.05. The molecule has 10 heteroatoms. The second kappa shape index (κ2) is 19.9. The van der Waals surface area contributed by atoms with Gasteiger partial charge in [-0.1, -0.05) is 66.2 Å². The van der Waals surface area contributed by atoms with Crippen molar-refractivity contribution in [2.45, 2.75) is 90.7 Å². The quantitative estimate of drug-likeness (QED) is 0.140. The molecule has 0 aromatic rings. The third-order valence-electron chi connectivity index (χ3n) is 4.99. The predicted octanol–water partition coefficient (Wildman–Crippen LogP) is 0.872. The van der Waals surface area contributed by atoms with Gasteiger partial charge in [-0.3, -0.25) is 9.59 Å². The number of rotatable bonds is 16. The molecule has 0 amide bonds. The van der Waals surface area contributed by atoms with Crippen molar-refractivity contribution in [3.63, 3.8) is 0 Å². The Bertz CT molecular complexity index is 557. The van der Waals surface area contributed by atoms with E-state index in [2.05, 4.69) is 13.8 Å². The molecule has 0 spiro atoms. The van der Waals surface area contributed by atoms with Crippen LogP contribution in [0.25, 0.3) is 0 Å². The molecule has 0 radical (unpaired) electrons. The maximum absolute atomic E-state index is 12.1. The van der Waals surface area contributed by atoms with Crippen molar-refractivity contribution < 1.29 is 61.6 Å². The topological polar surface area (TPSA) is 110 Å². The molecule has 4 atom stereocenters. The first-order chi connectivity index (χ1) is 13.2. The van der Waals surface area contributed by atoms with E-state index in [-0.39, 0.29) is 64.5 Å². The van der Waals surface area contributed by atoms with Gasteiger partial charge in [-0.05, 0) is 24.7 Å². The predicted molar refractivity (Wildman–Crippen MR) is 118 cm³/mol. The molecule has 4 unspecified atom stereocenters. The Balaban J connectivity index is -0.00000364. The Morgan fingerprint density at radius 2 is 1.30 bits per heavy atom. The van der Waals surface area contributed by atoms with Crippen LogP contribution >= 0.6 is 9.90 Å². The first-order valence-electron chi connectivity index (χ1n) is 10.5. The van der Waals surface area contributed by atoms with Gasteiger partial charge in [0.15, 0.2) is 5.25 Å². The molecular formula is C20H40NaO7PS. The van der Waals surface area contributed by atoms with Crippen LogP contribution in [0, 0.1) is 11.8 Å². The van der Waals surface area contributed by atoms with Gasteiger partial charge in [0.25, 0.3) is 0 Å². The summed E-state index contributed by atoms with van der Waals surface area (Å²) in [7, 11) is -5.01. The number of hydrogen-bond donors (Lipinski definition) is 0. The van der Waals surface area contributed by atoms with E-state index in [1.807, 2.05) is 13.8 Å². The molecular weight excluding hydrogens is 438 g/mol. The van der Waals surface area contributed by atoms with Crippen LogP contribution in [0.1, 0.15) is 85.5 Å². The second-order valence-electron chi connectivity index (χ2n) is 7.33. The number of esters is 2. The van der Waals surface area contributed by atoms with Crippen LogP contribution in [0.2, 0.25) is 0 Å². The van der Waals surface area contributed by atoms with E-state index < -0.39 is 33.7 Å². The van der Waals surface area contributed by atoms with Gasteiger partial charge < -0.3 is 14.0 Å². The summed E-state index contributed by atoms with van der Waals surface area (Å²) >= 11 is 0. The van der Waals surface area contributed by atoms with E-state index in [0.29, 0.717) is 0 Å². The van der Waals surface area contributed by atoms with Crippen LogP contribution < -0.4 is 29.6 Å². The third kappa shape index (κ3) is 16.0. The molecule has 0 N–H and O–H groups in total. The second-order valence-corrected chi connectivity index (χ2v) is 8.89. The summed E-state index contributed by atoms with van der Waals surface area (Å²) in [5.74, 6) is -1.74. The van der Waals surface area contributed by atoms with E-state index in [0.717, 1.165) is 51.4 Å². The van der Waals surface area contributed by atoms with E-state index in [4.69, 9.17) is 9.47 Å². The van der Waals surface area contributed by atoms with Crippen LogP contribution in [0.5, 0.6) is 0 Å². The normalized spacial score (nSPS) is 13.9. The monoisotopic (exact) mass is 478 g/mol. The SMILES string of the molecule is CCCCC(CC)COC(=O)CC(C(=O)OCC(CC)CCCC)S(=O)(=O)[O-].P.[Na+]. The first kappa shape index (κ1) is 34.9. The minimum absolute atomic E-state index is 0. The molecule has 0 aliphatic rings. The number of unbranched alkanes of at least 4 members (excludes halogenated alkanes) is 2. The molecule has 0 aliphatic carbocycles. The van der Waals surface area contributed by atoms with Gasteiger partial charge in [0.2, 0.25) is 0 Å². The van der Waals surface area contributed by atoms with Crippen molar-refractivity contribution in [3.8, 4) is 0 Å². The summed E-state index contributed by atoms with van der Waals surface area (Å²) in [6.07, 6.45) is 6.58. The molecule has 0 fully saturated rings. The van der Waals surface area contributed by atoms with Gasteiger partial charge in [0, 0.05) is 0 Å². The van der Waals surface area contributed by atoms with Gasteiger partial charge in [0.05, 0.1) is 19.6 Å². The zero-order valence-electron chi connectivity index (χ0n) is 19.5. The molecule has 0 aromatic heterocycles. The van der Waals surface area contributed by atoms with Gasteiger partial charge in [0.1, 0.15) is 10.1 Å². The summed E-state index contributed by atoms with van der Waals surface area (Å²) < 4.78 is 44.6. The fourth-order valence-electron chi connectivity index (χ4n) is 2.81. The van der Waals surface area contributed by atoms with Crippen molar-refractivity contribution in [1.82, 2.24) is 0 Å².